The van der Waals surface area contributed by atoms with Crippen molar-refractivity contribution in [3.8, 4) is 0 Å². The highest BCUT2D eigenvalue weighted by Crippen LogP contribution is 1.93. The molecule has 8 heteroatoms. The van der Waals surface area contributed by atoms with Crippen molar-refractivity contribution in [3.63, 3.8) is 0 Å². The Kier molecular flexibility index (Phi) is 11.9. The van der Waals surface area contributed by atoms with Crippen molar-refractivity contribution in [2.45, 2.75) is 52.6 Å². The van der Waals surface area contributed by atoms with Gasteiger partial charge in [-0.05, 0) is 41.5 Å². The van der Waals surface area contributed by atoms with E-state index < -0.39 is 11.9 Å². The van der Waals surface area contributed by atoms with Gasteiger partial charge in [0, 0.05) is 11.1 Å². The molecule has 0 radical (unpaired) electrons. The number of rotatable bonds is 0. The van der Waals surface area contributed by atoms with Gasteiger partial charge in [-0.15, -0.1) is 0 Å². The van der Waals surface area contributed by atoms with Crippen LogP contribution < -0.4 is 22.5 Å². The summed E-state index contributed by atoms with van der Waals surface area (Å²) >= 11 is 0. The molecule has 0 aromatic heterocycles. The molecule has 0 unspecified atom stereocenters. The average molecular weight is 266 g/mol. The highest BCUT2D eigenvalue weighted by atomic mass is 16.4. The molecular formula is C10H26N4O4. The van der Waals surface area contributed by atoms with Crippen LogP contribution in [0.5, 0.6) is 0 Å². The van der Waals surface area contributed by atoms with Gasteiger partial charge in [0.1, 0.15) is 0 Å². The number of nitrogens with one attached hydrogen (secondary N) is 2. The number of carbonyl (C=O) groups is 2. The van der Waals surface area contributed by atoms with E-state index in [0.29, 0.717) is 0 Å². The fourth-order valence-corrected chi connectivity index (χ4v) is 0. The molecule has 0 spiro atoms. The van der Waals surface area contributed by atoms with E-state index in [1.54, 1.807) is 0 Å². The number of carboxylic acids is 2. The molecule has 0 aliphatic heterocycles. The lowest BCUT2D eigenvalue weighted by atomic mass is 10.1. The summed E-state index contributed by atoms with van der Waals surface area (Å²) < 4.78 is 0. The first-order chi connectivity index (χ1) is 7.76. The van der Waals surface area contributed by atoms with Crippen molar-refractivity contribution < 1.29 is 19.8 Å². The first kappa shape index (κ1) is 22.0. The predicted molar refractivity (Wildman–Crippen MR) is 69.4 cm³/mol. The minimum atomic E-state index is -1.82. The molecule has 0 aromatic rings. The number of nitrogens with two attached hydrogens (primary N) is 2. The van der Waals surface area contributed by atoms with Crippen LogP contribution >= 0.6 is 0 Å². The lowest BCUT2D eigenvalue weighted by Gasteiger charge is -2.14. The summed E-state index contributed by atoms with van der Waals surface area (Å²) in [5.74, 6) is 6.46. The SMILES string of the molecule is CC(C)(C)NN.CC(C)(C)NN.O=C(O)C(=O)O. The molecule has 0 rings (SSSR count). The Morgan fingerprint density at radius 1 is 0.778 bits per heavy atom. The average Bonchev–Trinajstić information content (AvgIpc) is 2.17. The zero-order chi connectivity index (χ0) is 15.6. The third-order valence-electron chi connectivity index (χ3n) is 1.05. The topological polar surface area (TPSA) is 151 Å². The van der Waals surface area contributed by atoms with Crippen LogP contribution in [-0.4, -0.2) is 33.2 Å². The summed E-state index contributed by atoms with van der Waals surface area (Å²) in [6.45, 7) is 12.0. The Labute approximate surface area is 108 Å². The maximum Gasteiger partial charge on any atom is 0.414 e. The Morgan fingerprint density at radius 3 is 0.889 bits per heavy atom. The van der Waals surface area contributed by atoms with Gasteiger partial charge in [0.15, 0.2) is 0 Å². The molecule has 0 bridgehead atoms. The summed E-state index contributed by atoms with van der Waals surface area (Å²) in [7, 11) is 0. The van der Waals surface area contributed by atoms with Gasteiger partial charge < -0.3 is 10.2 Å². The second-order valence-corrected chi connectivity index (χ2v) is 5.40. The largest absolute Gasteiger partial charge is 0.473 e. The van der Waals surface area contributed by atoms with Crippen LogP contribution in [0.4, 0.5) is 0 Å². The van der Waals surface area contributed by atoms with E-state index in [-0.39, 0.29) is 11.1 Å². The smallest absolute Gasteiger partial charge is 0.414 e. The van der Waals surface area contributed by atoms with Crippen molar-refractivity contribution in [2.75, 3.05) is 0 Å². The predicted octanol–water partition coefficient (Wildman–Crippen LogP) is -0.348. The summed E-state index contributed by atoms with van der Waals surface area (Å²) in [6, 6.07) is 0. The number of aliphatic carboxylic acids is 2. The number of hydrogen-bond acceptors (Lipinski definition) is 6. The minimum Gasteiger partial charge on any atom is -0.473 e. The van der Waals surface area contributed by atoms with Crippen LogP contribution in [0.3, 0.4) is 0 Å². The monoisotopic (exact) mass is 266 g/mol. The maximum absolute atomic E-state index is 9.10. The maximum atomic E-state index is 9.10. The lowest BCUT2D eigenvalue weighted by molar-refractivity contribution is -0.159. The Morgan fingerprint density at radius 2 is 0.889 bits per heavy atom. The molecule has 110 valence electrons. The second kappa shape index (κ2) is 9.77. The first-order valence-corrected chi connectivity index (χ1v) is 5.18. The molecule has 0 aromatic carbocycles. The normalized spacial score (nSPS) is 10.4. The Hall–Kier alpha value is -1.22. The van der Waals surface area contributed by atoms with Crippen LogP contribution in [-0.2, 0) is 9.59 Å². The van der Waals surface area contributed by atoms with Crippen molar-refractivity contribution >= 4 is 11.9 Å². The summed E-state index contributed by atoms with van der Waals surface area (Å²) in [5.41, 5.74) is 5.35. The van der Waals surface area contributed by atoms with Gasteiger partial charge >= 0.3 is 11.9 Å². The van der Waals surface area contributed by atoms with Crippen molar-refractivity contribution in [1.82, 2.24) is 10.9 Å². The molecule has 0 amide bonds. The number of hydrazine groups is 2. The molecule has 0 saturated carbocycles. The second-order valence-electron chi connectivity index (χ2n) is 5.40. The molecule has 0 aliphatic rings. The van der Waals surface area contributed by atoms with Crippen molar-refractivity contribution in [1.29, 1.82) is 0 Å². The highest BCUT2D eigenvalue weighted by Gasteiger charge is 2.04. The Balaban J connectivity index is -0.000000187. The molecule has 0 heterocycles. The Bertz CT molecular complexity index is 217. The number of carboxylic acid groups (broad SMARTS) is 2. The van der Waals surface area contributed by atoms with E-state index in [0.717, 1.165) is 0 Å². The molecular weight excluding hydrogens is 240 g/mol. The number of hydrogen-bond donors (Lipinski definition) is 6. The summed E-state index contributed by atoms with van der Waals surface area (Å²) in [6.07, 6.45) is 0. The van der Waals surface area contributed by atoms with E-state index in [4.69, 9.17) is 31.5 Å². The van der Waals surface area contributed by atoms with Crippen molar-refractivity contribution in [2.24, 2.45) is 11.7 Å². The molecule has 0 fully saturated rings. The van der Waals surface area contributed by atoms with Crippen LogP contribution in [0.1, 0.15) is 41.5 Å². The van der Waals surface area contributed by atoms with E-state index in [9.17, 15) is 0 Å². The van der Waals surface area contributed by atoms with Gasteiger partial charge in [0.2, 0.25) is 0 Å². The summed E-state index contributed by atoms with van der Waals surface area (Å²) in [4.78, 5) is 18.2. The van der Waals surface area contributed by atoms with Crippen molar-refractivity contribution in [3.05, 3.63) is 0 Å². The standard InChI is InChI=1S/2C4H12N2.C2H2O4/c2*1-4(2,3)6-5;3-1(4)2(5)6/h2*6H,5H2,1-3H3;(H,3,4)(H,5,6). The van der Waals surface area contributed by atoms with Crippen LogP contribution in [0.15, 0.2) is 0 Å². The van der Waals surface area contributed by atoms with E-state index in [1.807, 2.05) is 41.5 Å². The fraction of sp³-hybridized carbons (Fsp3) is 0.800. The minimum absolute atomic E-state index is 0.0694. The molecule has 18 heavy (non-hydrogen) atoms. The van der Waals surface area contributed by atoms with Gasteiger partial charge in [-0.1, -0.05) is 0 Å². The molecule has 8 nitrogen and oxygen atoms in total. The van der Waals surface area contributed by atoms with Gasteiger partial charge in [-0.25, -0.2) is 9.59 Å². The fourth-order valence-electron chi connectivity index (χ4n) is 0. The van der Waals surface area contributed by atoms with Gasteiger partial charge in [-0.2, -0.15) is 0 Å². The van der Waals surface area contributed by atoms with E-state index in [1.165, 1.54) is 0 Å². The third-order valence-corrected chi connectivity index (χ3v) is 1.05. The zero-order valence-electron chi connectivity index (χ0n) is 11.9. The van der Waals surface area contributed by atoms with E-state index in [2.05, 4.69) is 10.9 Å². The molecule has 0 saturated heterocycles. The lowest BCUT2D eigenvalue weighted by Crippen LogP contribution is -2.41. The van der Waals surface area contributed by atoms with Gasteiger partial charge in [0.25, 0.3) is 0 Å². The van der Waals surface area contributed by atoms with Crippen LogP contribution in [0, 0.1) is 0 Å². The molecule has 8 N–H and O–H groups in total. The highest BCUT2D eigenvalue weighted by molar-refractivity contribution is 6.27. The van der Waals surface area contributed by atoms with Crippen LogP contribution in [0.25, 0.3) is 0 Å². The summed E-state index contributed by atoms with van der Waals surface area (Å²) in [5, 5.41) is 14.8. The quantitative estimate of drug-likeness (QED) is 0.198. The third kappa shape index (κ3) is 36.4. The first-order valence-electron chi connectivity index (χ1n) is 5.18. The van der Waals surface area contributed by atoms with Crippen LogP contribution in [0.2, 0.25) is 0 Å². The molecule has 0 atom stereocenters. The molecule has 0 aliphatic carbocycles. The van der Waals surface area contributed by atoms with Gasteiger partial charge in [-0.3, -0.25) is 22.5 Å². The van der Waals surface area contributed by atoms with E-state index >= 15 is 0 Å². The van der Waals surface area contributed by atoms with Gasteiger partial charge in [0.05, 0.1) is 0 Å². The zero-order valence-corrected chi connectivity index (χ0v) is 11.9.